The number of rotatable bonds is 6. The molecular formula is C20H20ClN3O2. The summed E-state index contributed by atoms with van der Waals surface area (Å²) < 4.78 is 0. The Hall–Kier alpha value is -2.97. The van der Waals surface area contributed by atoms with Crippen LogP contribution < -0.4 is 5.32 Å². The summed E-state index contributed by atoms with van der Waals surface area (Å²) in [5.41, 5.74) is 1.23. The van der Waals surface area contributed by atoms with Crippen LogP contribution in [0.1, 0.15) is 19.4 Å². The first-order chi connectivity index (χ1) is 12.4. The molecule has 0 atom stereocenters. The van der Waals surface area contributed by atoms with Gasteiger partial charge in [0.15, 0.2) is 0 Å². The predicted molar refractivity (Wildman–Crippen MR) is 103 cm³/mol. The molecular weight excluding hydrogens is 350 g/mol. The van der Waals surface area contributed by atoms with E-state index >= 15 is 0 Å². The average molecular weight is 370 g/mol. The number of anilines is 1. The summed E-state index contributed by atoms with van der Waals surface area (Å²) in [6.07, 6.45) is 1.29. The highest BCUT2D eigenvalue weighted by Gasteiger charge is 2.21. The smallest absolute Gasteiger partial charge is 0.266 e. The minimum atomic E-state index is -0.389. The number of carbonyl (C=O) groups is 1. The summed E-state index contributed by atoms with van der Waals surface area (Å²) in [5, 5.41) is 22.4. The molecule has 0 unspecified atom stereocenters. The van der Waals surface area contributed by atoms with Crippen molar-refractivity contribution in [1.29, 1.82) is 5.26 Å². The molecule has 26 heavy (non-hydrogen) atoms. The molecule has 0 heterocycles. The van der Waals surface area contributed by atoms with Crippen molar-refractivity contribution in [2.24, 2.45) is 0 Å². The molecule has 0 spiro atoms. The van der Waals surface area contributed by atoms with Crippen molar-refractivity contribution in [2.45, 2.75) is 26.4 Å². The van der Waals surface area contributed by atoms with Crippen molar-refractivity contribution in [2.75, 3.05) is 5.32 Å². The lowest BCUT2D eigenvalue weighted by atomic mass is 10.1. The topological polar surface area (TPSA) is 76.4 Å². The van der Waals surface area contributed by atoms with Crippen LogP contribution in [0.4, 0.5) is 5.69 Å². The van der Waals surface area contributed by atoms with Crippen LogP contribution in [0.15, 0.2) is 60.3 Å². The molecule has 2 aromatic rings. The maximum atomic E-state index is 12.8. The van der Waals surface area contributed by atoms with E-state index in [0.717, 1.165) is 5.56 Å². The van der Waals surface area contributed by atoms with Crippen LogP contribution >= 0.6 is 11.6 Å². The Labute approximate surface area is 158 Å². The third-order valence-electron chi connectivity index (χ3n) is 3.76. The number of phenols is 1. The van der Waals surface area contributed by atoms with Crippen molar-refractivity contribution < 1.29 is 9.90 Å². The zero-order valence-corrected chi connectivity index (χ0v) is 15.4. The lowest BCUT2D eigenvalue weighted by Gasteiger charge is -2.26. The van der Waals surface area contributed by atoms with E-state index in [0.29, 0.717) is 17.3 Å². The van der Waals surface area contributed by atoms with Gasteiger partial charge in [-0.05, 0) is 37.6 Å². The van der Waals surface area contributed by atoms with Crippen molar-refractivity contribution >= 4 is 23.2 Å². The lowest BCUT2D eigenvalue weighted by Crippen LogP contribution is -2.37. The highest BCUT2D eigenvalue weighted by atomic mass is 35.5. The normalized spacial score (nSPS) is 11.1. The molecule has 0 aliphatic heterocycles. The molecule has 1 amide bonds. The number of aromatic hydroxyl groups is 1. The van der Waals surface area contributed by atoms with E-state index in [1.807, 2.05) is 50.2 Å². The van der Waals surface area contributed by atoms with Gasteiger partial charge in [0.05, 0.1) is 5.69 Å². The third-order valence-corrected chi connectivity index (χ3v) is 4.00. The Kier molecular flexibility index (Phi) is 6.65. The first kappa shape index (κ1) is 19.4. The van der Waals surface area contributed by atoms with Gasteiger partial charge in [-0.15, -0.1) is 0 Å². The molecule has 2 aromatic carbocycles. The van der Waals surface area contributed by atoms with Gasteiger partial charge >= 0.3 is 0 Å². The van der Waals surface area contributed by atoms with Gasteiger partial charge in [-0.3, -0.25) is 4.79 Å². The van der Waals surface area contributed by atoms with Gasteiger partial charge in [-0.25, -0.2) is 0 Å². The summed E-state index contributed by atoms with van der Waals surface area (Å²) in [6, 6.07) is 15.9. The molecule has 6 heteroatoms. The van der Waals surface area contributed by atoms with Gasteiger partial charge in [0.25, 0.3) is 5.91 Å². The Bertz CT molecular complexity index is 842. The van der Waals surface area contributed by atoms with Gasteiger partial charge in [0.2, 0.25) is 0 Å². The fraction of sp³-hybridized carbons (Fsp3) is 0.200. The molecule has 0 bridgehead atoms. The highest BCUT2D eigenvalue weighted by Crippen LogP contribution is 2.26. The number of halogens is 1. The van der Waals surface area contributed by atoms with Crippen molar-refractivity contribution in [3.05, 3.63) is 70.9 Å². The highest BCUT2D eigenvalue weighted by molar-refractivity contribution is 6.30. The van der Waals surface area contributed by atoms with Crippen LogP contribution in [-0.2, 0) is 11.3 Å². The first-order valence-corrected chi connectivity index (χ1v) is 8.50. The van der Waals surface area contributed by atoms with Gasteiger partial charge in [-0.1, -0.05) is 41.9 Å². The second-order valence-corrected chi connectivity index (χ2v) is 6.42. The van der Waals surface area contributed by atoms with Crippen LogP contribution in [0.3, 0.4) is 0 Å². The van der Waals surface area contributed by atoms with Crippen LogP contribution in [0.2, 0.25) is 5.02 Å². The van der Waals surface area contributed by atoms with E-state index in [9.17, 15) is 15.2 Å². The van der Waals surface area contributed by atoms with E-state index in [4.69, 9.17) is 11.6 Å². The fourth-order valence-electron chi connectivity index (χ4n) is 2.34. The lowest BCUT2D eigenvalue weighted by molar-refractivity contribution is -0.129. The number of nitrogens with one attached hydrogen (secondary N) is 1. The summed E-state index contributed by atoms with van der Waals surface area (Å²) in [7, 11) is 0. The summed E-state index contributed by atoms with van der Waals surface area (Å²) in [6.45, 7) is 4.19. The molecule has 0 saturated carbocycles. The minimum Gasteiger partial charge on any atom is -0.506 e. The van der Waals surface area contributed by atoms with E-state index < -0.39 is 0 Å². The standard InChI is InChI=1S/C20H20ClN3O2/c1-14(2)24(13-15-6-4-3-5-7-15)20(26)16(11-22)12-23-18-10-17(21)8-9-19(18)25/h3-10,12,14,23,25H,13H2,1-2H3/b16-12-. The summed E-state index contributed by atoms with van der Waals surface area (Å²) in [4.78, 5) is 14.4. The number of benzene rings is 2. The zero-order valence-electron chi connectivity index (χ0n) is 14.6. The van der Waals surface area contributed by atoms with Crippen LogP contribution in [0.5, 0.6) is 5.75 Å². The van der Waals surface area contributed by atoms with E-state index in [1.165, 1.54) is 18.3 Å². The fourth-order valence-corrected chi connectivity index (χ4v) is 2.51. The number of nitrogens with zero attached hydrogens (tertiary/aromatic N) is 2. The molecule has 2 rings (SSSR count). The average Bonchev–Trinajstić information content (AvgIpc) is 2.63. The van der Waals surface area contributed by atoms with Crippen LogP contribution in [-0.4, -0.2) is 22.0 Å². The van der Waals surface area contributed by atoms with Gasteiger partial charge in [0, 0.05) is 23.8 Å². The molecule has 0 saturated heterocycles. The summed E-state index contributed by atoms with van der Waals surface area (Å²) in [5.74, 6) is -0.416. The van der Waals surface area contributed by atoms with E-state index in [1.54, 1.807) is 11.0 Å². The Morgan fingerprint density at radius 1 is 1.31 bits per heavy atom. The second-order valence-electron chi connectivity index (χ2n) is 5.99. The van der Waals surface area contributed by atoms with Crippen LogP contribution in [0, 0.1) is 11.3 Å². The Morgan fingerprint density at radius 3 is 2.62 bits per heavy atom. The predicted octanol–water partition coefficient (Wildman–Crippen LogP) is 4.30. The molecule has 5 nitrogen and oxygen atoms in total. The summed E-state index contributed by atoms with van der Waals surface area (Å²) >= 11 is 5.90. The molecule has 0 aliphatic rings. The number of hydrogen-bond acceptors (Lipinski definition) is 4. The maximum absolute atomic E-state index is 12.8. The van der Waals surface area contributed by atoms with Crippen molar-refractivity contribution in [3.63, 3.8) is 0 Å². The van der Waals surface area contributed by atoms with Crippen molar-refractivity contribution in [1.82, 2.24) is 4.90 Å². The second kappa shape index (κ2) is 8.93. The van der Waals surface area contributed by atoms with E-state index in [-0.39, 0.29) is 23.3 Å². The Balaban J connectivity index is 2.21. The van der Waals surface area contributed by atoms with E-state index in [2.05, 4.69) is 5.32 Å². The molecule has 2 N–H and O–H groups in total. The molecule has 0 aliphatic carbocycles. The number of amides is 1. The van der Waals surface area contributed by atoms with Gasteiger partial charge < -0.3 is 15.3 Å². The third kappa shape index (κ3) is 5.01. The monoisotopic (exact) mass is 369 g/mol. The number of phenolic OH excluding ortho intramolecular Hbond substituents is 1. The SMILES string of the molecule is CC(C)N(Cc1ccccc1)C(=O)/C(C#N)=C\Nc1cc(Cl)ccc1O. The van der Waals surface area contributed by atoms with Crippen LogP contribution in [0.25, 0.3) is 0 Å². The quantitative estimate of drug-likeness (QED) is 0.452. The van der Waals surface area contributed by atoms with Gasteiger partial charge in [-0.2, -0.15) is 5.26 Å². The van der Waals surface area contributed by atoms with Gasteiger partial charge in [0.1, 0.15) is 17.4 Å². The largest absolute Gasteiger partial charge is 0.506 e. The zero-order chi connectivity index (χ0) is 19.1. The number of nitriles is 1. The first-order valence-electron chi connectivity index (χ1n) is 8.12. The Morgan fingerprint density at radius 2 is 2.00 bits per heavy atom. The molecule has 0 aromatic heterocycles. The molecule has 0 fully saturated rings. The maximum Gasteiger partial charge on any atom is 0.266 e. The molecule has 134 valence electrons. The van der Waals surface area contributed by atoms with Crippen molar-refractivity contribution in [3.8, 4) is 11.8 Å². The number of hydrogen-bond donors (Lipinski definition) is 2. The minimum absolute atomic E-state index is 0.0274. The number of carbonyl (C=O) groups excluding carboxylic acids is 1. The molecule has 0 radical (unpaired) electrons.